The topological polar surface area (TPSA) is 49.8 Å². The molecule has 1 aliphatic carbocycles. The number of nitrogens with zero attached hydrogens (tertiary/aromatic N) is 1. The van der Waals surface area contributed by atoms with Crippen molar-refractivity contribution in [2.45, 2.75) is 51.0 Å². The number of carbonyl (C=O) groups is 1. The molecular formula is C14H25NO3. The predicted octanol–water partition coefficient (Wildman–Crippen LogP) is 2.13. The molecule has 2 aliphatic rings. The molecule has 1 saturated carbocycles. The molecule has 1 N–H and O–H groups in total. The Labute approximate surface area is 109 Å². The highest BCUT2D eigenvalue weighted by Crippen LogP contribution is 2.24. The number of morpholine rings is 1. The maximum absolute atomic E-state index is 11.2. The minimum atomic E-state index is -0.736. The maximum atomic E-state index is 11.2. The molecule has 4 nitrogen and oxygen atoms in total. The number of rotatable bonds is 3. The molecular weight excluding hydrogens is 230 g/mol. The van der Waals surface area contributed by atoms with Crippen molar-refractivity contribution in [1.29, 1.82) is 0 Å². The van der Waals surface area contributed by atoms with E-state index in [9.17, 15) is 9.90 Å². The summed E-state index contributed by atoms with van der Waals surface area (Å²) in [7, 11) is 0. The summed E-state index contributed by atoms with van der Waals surface area (Å²) in [4.78, 5) is 13.3. The average Bonchev–Trinajstić information content (AvgIpc) is 2.33. The van der Waals surface area contributed by atoms with Gasteiger partial charge in [-0.25, -0.2) is 0 Å². The minimum Gasteiger partial charge on any atom is -0.480 e. The molecule has 18 heavy (non-hydrogen) atoms. The molecule has 0 aromatic carbocycles. The average molecular weight is 255 g/mol. The fourth-order valence-electron chi connectivity index (χ4n) is 3.14. The van der Waals surface area contributed by atoms with E-state index < -0.39 is 12.0 Å². The van der Waals surface area contributed by atoms with E-state index in [1.54, 1.807) is 0 Å². The van der Waals surface area contributed by atoms with Gasteiger partial charge in [0.05, 0.1) is 13.2 Å². The van der Waals surface area contributed by atoms with E-state index >= 15 is 0 Å². The summed E-state index contributed by atoms with van der Waals surface area (Å²) in [5.41, 5.74) is 0. The summed E-state index contributed by atoms with van der Waals surface area (Å²) in [5.74, 6) is -0.0502. The molecule has 0 aromatic rings. The van der Waals surface area contributed by atoms with Crippen molar-refractivity contribution in [2.24, 2.45) is 5.92 Å². The zero-order valence-corrected chi connectivity index (χ0v) is 11.1. The zero-order valence-electron chi connectivity index (χ0n) is 11.1. The highest BCUT2D eigenvalue weighted by Gasteiger charge is 2.30. The quantitative estimate of drug-likeness (QED) is 0.839. The maximum Gasteiger partial charge on any atom is 0.323 e. The Morgan fingerprint density at radius 3 is 2.50 bits per heavy atom. The van der Waals surface area contributed by atoms with Crippen molar-refractivity contribution in [3.63, 3.8) is 0 Å². The number of aliphatic carboxylic acids is 1. The van der Waals surface area contributed by atoms with Gasteiger partial charge in [0.1, 0.15) is 6.04 Å². The van der Waals surface area contributed by atoms with Crippen LogP contribution < -0.4 is 0 Å². The van der Waals surface area contributed by atoms with E-state index in [4.69, 9.17) is 4.74 Å². The molecule has 2 rings (SSSR count). The first kappa shape index (κ1) is 13.8. The molecule has 1 atom stereocenters. The second-order valence-corrected chi connectivity index (χ2v) is 5.64. The molecule has 1 aliphatic heterocycles. The van der Waals surface area contributed by atoms with Crippen LogP contribution in [0, 0.1) is 5.92 Å². The van der Waals surface area contributed by atoms with Crippen molar-refractivity contribution in [1.82, 2.24) is 4.90 Å². The Hall–Kier alpha value is -0.610. The van der Waals surface area contributed by atoms with Gasteiger partial charge in [-0.3, -0.25) is 9.69 Å². The van der Waals surface area contributed by atoms with Gasteiger partial charge in [-0.1, -0.05) is 32.1 Å². The Bertz CT molecular complexity index is 262. The highest BCUT2D eigenvalue weighted by atomic mass is 16.5. The molecule has 1 unspecified atom stereocenters. The van der Waals surface area contributed by atoms with Gasteiger partial charge < -0.3 is 9.84 Å². The molecule has 0 radical (unpaired) electrons. The van der Waals surface area contributed by atoms with Crippen LogP contribution in [-0.2, 0) is 9.53 Å². The van der Waals surface area contributed by atoms with Gasteiger partial charge in [0, 0.05) is 13.1 Å². The van der Waals surface area contributed by atoms with Crippen LogP contribution in [0.15, 0.2) is 0 Å². The van der Waals surface area contributed by atoms with Crippen LogP contribution in [0.25, 0.3) is 0 Å². The third-order valence-corrected chi connectivity index (χ3v) is 4.24. The predicted molar refractivity (Wildman–Crippen MR) is 69.6 cm³/mol. The summed E-state index contributed by atoms with van der Waals surface area (Å²) in [6, 6.07) is -0.427. The molecule has 104 valence electrons. The lowest BCUT2D eigenvalue weighted by atomic mass is 9.90. The number of carboxylic acids is 1. The van der Waals surface area contributed by atoms with Gasteiger partial charge in [-0.15, -0.1) is 0 Å². The van der Waals surface area contributed by atoms with Gasteiger partial charge in [-0.2, -0.15) is 0 Å². The van der Waals surface area contributed by atoms with Crippen LogP contribution in [0.5, 0.6) is 0 Å². The van der Waals surface area contributed by atoms with E-state index in [1.807, 2.05) is 0 Å². The van der Waals surface area contributed by atoms with E-state index in [-0.39, 0.29) is 0 Å². The smallest absolute Gasteiger partial charge is 0.323 e. The van der Waals surface area contributed by atoms with Crippen molar-refractivity contribution < 1.29 is 14.6 Å². The van der Waals surface area contributed by atoms with Gasteiger partial charge in [-0.05, 0) is 18.8 Å². The van der Waals surface area contributed by atoms with E-state index in [1.165, 1.54) is 44.9 Å². The van der Waals surface area contributed by atoms with Crippen LogP contribution in [0.4, 0.5) is 0 Å². The monoisotopic (exact) mass is 255 g/mol. The Kier molecular flexibility index (Phi) is 5.45. The van der Waals surface area contributed by atoms with E-state index in [0.29, 0.717) is 19.1 Å². The summed E-state index contributed by atoms with van der Waals surface area (Å²) >= 11 is 0. The fraction of sp³-hybridized carbons (Fsp3) is 0.929. The second kappa shape index (κ2) is 7.10. The molecule has 0 bridgehead atoms. The summed E-state index contributed by atoms with van der Waals surface area (Å²) in [6.07, 6.45) is 9.23. The SMILES string of the molecule is O=C(O)C1COCCN1CC1CCCCCCC1. The molecule has 0 spiro atoms. The fourth-order valence-corrected chi connectivity index (χ4v) is 3.14. The van der Waals surface area contributed by atoms with Crippen LogP contribution in [0.1, 0.15) is 44.9 Å². The Morgan fingerprint density at radius 1 is 1.17 bits per heavy atom. The first-order valence-electron chi connectivity index (χ1n) is 7.32. The number of hydrogen-bond acceptors (Lipinski definition) is 3. The molecule has 1 saturated heterocycles. The molecule has 0 amide bonds. The lowest BCUT2D eigenvalue weighted by molar-refractivity contribution is -0.150. The first-order valence-corrected chi connectivity index (χ1v) is 7.32. The molecule has 2 fully saturated rings. The van der Waals surface area contributed by atoms with Gasteiger partial charge in [0.25, 0.3) is 0 Å². The Morgan fingerprint density at radius 2 is 1.83 bits per heavy atom. The van der Waals surface area contributed by atoms with E-state index in [0.717, 1.165) is 13.1 Å². The second-order valence-electron chi connectivity index (χ2n) is 5.64. The summed E-state index contributed by atoms with van der Waals surface area (Å²) in [6.45, 7) is 2.74. The highest BCUT2D eigenvalue weighted by molar-refractivity contribution is 5.73. The third-order valence-electron chi connectivity index (χ3n) is 4.24. The lowest BCUT2D eigenvalue weighted by Gasteiger charge is -2.35. The number of ether oxygens (including phenoxy) is 1. The van der Waals surface area contributed by atoms with Gasteiger partial charge in [0.2, 0.25) is 0 Å². The lowest BCUT2D eigenvalue weighted by Crippen LogP contribution is -2.51. The first-order chi connectivity index (χ1) is 8.77. The normalized spacial score (nSPS) is 28.6. The summed E-state index contributed by atoms with van der Waals surface area (Å²) in [5, 5.41) is 9.22. The van der Waals surface area contributed by atoms with Crippen molar-refractivity contribution in [2.75, 3.05) is 26.3 Å². The Balaban J connectivity index is 1.86. The molecule has 4 heteroatoms. The molecule has 0 aromatic heterocycles. The molecule has 1 heterocycles. The minimum absolute atomic E-state index is 0.349. The van der Waals surface area contributed by atoms with Crippen molar-refractivity contribution >= 4 is 5.97 Å². The zero-order chi connectivity index (χ0) is 12.8. The van der Waals surface area contributed by atoms with Crippen LogP contribution in [0.2, 0.25) is 0 Å². The van der Waals surface area contributed by atoms with Gasteiger partial charge in [0.15, 0.2) is 0 Å². The van der Waals surface area contributed by atoms with Crippen LogP contribution in [0.3, 0.4) is 0 Å². The standard InChI is InChI=1S/C14H25NO3/c16-14(17)13-11-18-9-8-15(13)10-12-6-4-2-1-3-5-7-12/h12-13H,1-11H2,(H,16,17). The number of hydrogen-bond donors (Lipinski definition) is 1. The van der Waals surface area contributed by atoms with E-state index in [2.05, 4.69) is 4.90 Å². The summed E-state index contributed by atoms with van der Waals surface area (Å²) < 4.78 is 5.28. The third kappa shape index (κ3) is 3.95. The van der Waals surface area contributed by atoms with Crippen molar-refractivity contribution in [3.05, 3.63) is 0 Å². The van der Waals surface area contributed by atoms with Gasteiger partial charge >= 0.3 is 5.97 Å². The largest absolute Gasteiger partial charge is 0.480 e. The van der Waals surface area contributed by atoms with Crippen LogP contribution >= 0.6 is 0 Å². The number of carboxylic acid groups (broad SMARTS) is 1. The van der Waals surface area contributed by atoms with Crippen LogP contribution in [-0.4, -0.2) is 48.3 Å². The van der Waals surface area contributed by atoms with Crippen molar-refractivity contribution in [3.8, 4) is 0 Å².